The van der Waals surface area contributed by atoms with Crippen molar-refractivity contribution in [3.05, 3.63) is 37.4 Å². The molecule has 124 valence electrons. The van der Waals surface area contributed by atoms with Crippen molar-refractivity contribution in [3.63, 3.8) is 0 Å². The van der Waals surface area contributed by atoms with Crippen LogP contribution in [0.4, 0.5) is 17.1 Å². The number of benzene rings is 1. The smallest absolute Gasteiger partial charge is 0.302 e. The molecule has 0 bridgehead atoms. The second-order valence-electron chi connectivity index (χ2n) is 4.72. The lowest BCUT2D eigenvalue weighted by atomic mass is 10.0. The number of nitrogens with zero attached hydrogens (tertiary/aromatic N) is 2. The van der Waals surface area contributed by atoms with Gasteiger partial charge >= 0.3 is 5.69 Å². The van der Waals surface area contributed by atoms with Crippen LogP contribution in [0.2, 0.25) is 0 Å². The van der Waals surface area contributed by atoms with Crippen LogP contribution in [0.5, 0.6) is 0 Å². The molecule has 22 heavy (non-hydrogen) atoms. The molecule has 0 saturated carbocycles. The average Bonchev–Trinajstić information content (AvgIpc) is 2.48. The molecule has 0 aliphatic heterocycles. The van der Waals surface area contributed by atoms with Crippen molar-refractivity contribution >= 4 is 17.1 Å². The van der Waals surface area contributed by atoms with E-state index in [2.05, 4.69) is 5.32 Å². The quantitative estimate of drug-likeness (QED) is 0.615. The van der Waals surface area contributed by atoms with Crippen molar-refractivity contribution in [2.75, 3.05) is 12.4 Å². The third-order valence-electron chi connectivity index (χ3n) is 3.40. The van der Waals surface area contributed by atoms with Crippen molar-refractivity contribution < 1.29 is 15.0 Å². The van der Waals surface area contributed by atoms with Crippen LogP contribution in [0.1, 0.15) is 38.3 Å². The minimum absolute atomic E-state index is 0.00375. The van der Waals surface area contributed by atoms with E-state index in [4.69, 9.17) is 5.11 Å². The number of aryl methyl sites for hydroxylation is 1. The van der Waals surface area contributed by atoms with Crippen LogP contribution < -0.4 is 5.32 Å². The van der Waals surface area contributed by atoms with Gasteiger partial charge < -0.3 is 10.4 Å². The summed E-state index contributed by atoms with van der Waals surface area (Å²) in [6, 6.07) is 1.34. The van der Waals surface area contributed by atoms with Crippen LogP contribution in [0, 0.1) is 27.2 Å². The first kappa shape index (κ1) is 19.8. The Labute approximate surface area is 129 Å². The first-order valence-electron chi connectivity index (χ1n) is 6.99. The number of rotatable bonds is 6. The highest BCUT2D eigenvalue weighted by molar-refractivity contribution is 5.78. The molecule has 0 aliphatic rings. The molecule has 0 radical (unpaired) electrons. The van der Waals surface area contributed by atoms with Gasteiger partial charge in [0.2, 0.25) is 0 Å². The lowest BCUT2D eigenvalue weighted by molar-refractivity contribution is -0.392. The Morgan fingerprint density at radius 3 is 2.14 bits per heavy atom. The van der Waals surface area contributed by atoms with E-state index in [1.54, 1.807) is 6.92 Å². The fourth-order valence-electron chi connectivity index (χ4n) is 2.04. The highest BCUT2D eigenvalue weighted by Crippen LogP contribution is 2.39. The summed E-state index contributed by atoms with van der Waals surface area (Å²) in [6.45, 7) is 7.18. The Balaban J connectivity index is 0.00000211. The summed E-state index contributed by atoms with van der Waals surface area (Å²) < 4.78 is 0. The third kappa shape index (κ3) is 4.39. The number of aliphatic hydroxyl groups excluding tert-OH is 1. The molecule has 0 heterocycles. The molecule has 0 aromatic heterocycles. The van der Waals surface area contributed by atoms with Crippen LogP contribution >= 0.6 is 0 Å². The van der Waals surface area contributed by atoms with E-state index in [0.29, 0.717) is 24.0 Å². The minimum atomic E-state index is -0.573. The monoisotopic (exact) mass is 313 g/mol. The zero-order valence-corrected chi connectivity index (χ0v) is 13.5. The molecule has 2 N–H and O–H groups in total. The molecule has 0 saturated heterocycles. The third-order valence-corrected chi connectivity index (χ3v) is 3.40. The fourth-order valence-corrected chi connectivity index (χ4v) is 2.04. The van der Waals surface area contributed by atoms with Crippen LogP contribution in [0.3, 0.4) is 0 Å². The van der Waals surface area contributed by atoms with Gasteiger partial charge in [-0.1, -0.05) is 13.8 Å². The Hall–Kier alpha value is -2.22. The van der Waals surface area contributed by atoms with E-state index < -0.39 is 9.85 Å². The highest BCUT2D eigenvalue weighted by Gasteiger charge is 2.30. The van der Waals surface area contributed by atoms with Crippen molar-refractivity contribution in [2.45, 2.75) is 46.6 Å². The molecule has 1 aromatic rings. The maximum Gasteiger partial charge on any atom is 0.302 e. The molecule has 8 heteroatoms. The zero-order valence-electron chi connectivity index (χ0n) is 13.5. The molecule has 8 nitrogen and oxygen atoms in total. The molecular weight excluding hydrogens is 290 g/mol. The summed E-state index contributed by atoms with van der Waals surface area (Å²) in [5, 5.41) is 32.4. The minimum Gasteiger partial charge on any atom is -0.400 e. The maximum atomic E-state index is 11.3. The first-order chi connectivity index (χ1) is 10.3. The fraction of sp³-hybridized carbons (Fsp3) is 0.571. The Morgan fingerprint density at radius 2 is 1.77 bits per heavy atom. The highest BCUT2D eigenvalue weighted by atomic mass is 16.6. The molecule has 1 atom stereocenters. The van der Waals surface area contributed by atoms with Crippen molar-refractivity contribution in [1.29, 1.82) is 0 Å². The summed E-state index contributed by atoms with van der Waals surface area (Å²) >= 11 is 0. The van der Waals surface area contributed by atoms with Crippen molar-refractivity contribution in [2.24, 2.45) is 0 Å². The van der Waals surface area contributed by atoms with Gasteiger partial charge in [0.05, 0.1) is 9.85 Å². The van der Waals surface area contributed by atoms with Crippen LogP contribution in [-0.2, 0) is 6.42 Å². The van der Waals surface area contributed by atoms with Crippen LogP contribution in [0.25, 0.3) is 0 Å². The number of nitrogens with one attached hydrogen (secondary N) is 1. The summed E-state index contributed by atoms with van der Waals surface area (Å²) in [5.74, 6) is 0. The van der Waals surface area contributed by atoms with Gasteiger partial charge in [0.15, 0.2) is 5.69 Å². The lowest BCUT2D eigenvalue weighted by Gasteiger charge is -2.15. The van der Waals surface area contributed by atoms with E-state index in [-0.39, 0.29) is 23.1 Å². The van der Waals surface area contributed by atoms with Crippen LogP contribution in [0.15, 0.2) is 6.07 Å². The summed E-state index contributed by atoms with van der Waals surface area (Å²) in [6.07, 6.45) is 1.22. The predicted molar refractivity (Wildman–Crippen MR) is 85.4 cm³/mol. The molecule has 1 aromatic carbocycles. The second kappa shape index (κ2) is 8.93. The molecule has 1 unspecified atom stereocenters. The number of anilines is 1. The lowest BCUT2D eigenvalue weighted by Crippen LogP contribution is -2.17. The largest absolute Gasteiger partial charge is 0.400 e. The maximum absolute atomic E-state index is 11.3. The van der Waals surface area contributed by atoms with Gasteiger partial charge in [-0.15, -0.1) is 0 Å². The topological polar surface area (TPSA) is 119 Å². The summed E-state index contributed by atoms with van der Waals surface area (Å²) in [7, 11) is 1.00. The SMILES string of the molecule is CCc1cc([N+](=O)[O-])c(NC(C)CC)c([N+](=O)[O-])c1C.CO. The van der Waals surface area contributed by atoms with Gasteiger partial charge in [-0.25, -0.2) is 0 Å². The van der Waals surface area contributed by atoms with Gasteiger partial charge in [0.1, 0.15) is 0 Å². The zero-order chi connectivity index (χ0) is 17.4. The van der Waals surface area contributed by atoms with Crippen molar-refractivity contribution in [1.82, 2.24) is 0 Å². The second-order valence-corrected chi connectivity index (χ2v) is 4.72. The Morgan fingerprint density at radius 1 is 1.23 bits per heavy atom. The predicted octanol–water partition coefficient (Wildman–Crippen LogP) is 3.19. The average molecular weight is 313 g/mol. The molecule has 0 spiro atoms. The Bertz CT molecular complexity index is 546. The molecule has 1 rings (SSSR count). The standard InChI is InChI=1S/C13H19N3O4.CH4O/c1-5-8(3)14-12-11(15(17)18)7-10(6-2)9(4)13(12)16(19)20;1-2/h7-8,14H,5-6H2,1-4H3;2H,1H3. The first-order valence-corrected chi connectivity index (χ1v) is 6.99. The molecule has 0 fully saturated rings. The van der Waals surface area contributed by atoms with Gasteiger partial charge in [-0.3, -0.25) is 20.2 Å². The molecule has 0 amide bonds. The van der Waals surface area contributed by atoms with Crippen LogP contribution in [-0.4, -0.2) is 28.1 Å². The number of nitro benzene ring substituents is 2. The van der Waals surface area contributed by atoms with Crippen molar-refractivity contribution in [3.8, 4) is 0 Å². The van der Waals surface area contributed by atoms with E-state index in [9.17, 15) is 20.2 Å². The number of hydrogen-bond acceptors (Lipinski definition) is 6. The molecular formula is C14H23N3O5. The number of aliphatic hydroxyl groups is 1. The van der Waals surface area contributed by atoms with E-state index in [1.165, 1.54) is 6.07 Å². The summed E-state index contributed by atoms with van der Waals surface area (Å²) in [5.41, 5.74) is 0.673. The van der Waals surface area contributed by atoms with Gasteiger partial charge in [0, 0.05) is 24.8 Å². The van der Waals surface area contributed by atoms with Gasteiger partial charge in [-0.2, -0.15) is 0 Å². The summed E-state index contributed by atoms with van der Waals surface area (Å²) in [4.78, 5) is 21.4. The molecule has 0 aliphatic carbocycles. The van der Waals surface area contributed by atoms with E-state index in [0.717, 1.165) is 7.11 Å². The van der Waals surface area contributed by atoms with E-state index >= 15 is 0 Å². The Kier molecular flexibility index (Phi) is 8.03. The van der Waals surface area contributed by atoms with Gasteiger partial charge in [0.25, 0.3) is 5.69 Å². The number of nitro groups is 2. The van der Waals surface area contributed by atoms with E-state index in [1.807, 2.05) is 20.8 Å². The number of hydrogen-bond donors (Lipinski definition) is 2. The van der Waals surface area contributed by atoms with Gasteiger partial charge in [-0.05, 0) is 32.3 Å². The normalized spacial score (nSPS) is 11.2.